The Bertz CT molecular complexity index is 570. The van der Waals surface area contributed by atoms with Crippen molar-refractivity contribution in [3.05, 3.63) is 60.2 Å². The summed E-state index contributed by atoms with van der Waals surface area (Å²) in [5, 5.41) is 1.71. The molecule has 0 fully saturated rings. The average molecular weight is 270 g/mol. The van der Waals surface area contributed by atoms with Gasteiger partial charge in [-0.1, -0.05) is 30.3 Å². The zero-order valence-electron chi connectivity index (χ0n) is 11.7. The largest absolute Gasteiger partial charge is 0.497 e. The van der Waals surface area contributed by atoms with Gasteiger partial charge in [-0.25, -0.2) is 0 Å². The van der Waals surface area contributed by atoms with E-state index in [9.17, 15) is 4.79 Å². The second-order valence-corrected chi connectivity index (χ2v) is 4.46. The summed E-state index contributed by atoms with van der Waals surface area (Å²) in [7, 11) is 3.43. The Labute approximate surface area is 119 Å². The van der Waals surface area contributed by atoms with Crippen molar-refractivity contribution < 1.29 is 9.53 Å². The second kappa shape index (κ2) is 6.61. The normalized spacial score (nSPS) is 9.90. The van der Waals surface area contributed by atoms with Gasteiger partial charge >= 0.3 is 0 Å². The van der Waals surface area contributed by atoms with E-state index in [2.05, 4.69) is 5.43 Å². The van der Waals surface area contributed by atoms with E-state index in [0.29, 0.717) is 6.42 Å². The molecule has 104 valence electrons. The molecule has 2 rings (SSSR count). The molecule has 0 aromatic heterocycles. The molecular weight excluding hydrogens is 252 g/mol. The molecule has 0 heterocycles. The molecule has 0 aliphatic carbocycles. The highest BCUT2D eigenvalue weighted by molar-refractivity contribution is 5.80. The zero-order chi connectivity index (χ0) is 14.4. The molecule has 0 unspecified atom stereocenters. The molecule has 0 spiro atoms. The number of nitrogens with zero attached hydrogens (tertiary/aromatic N) is 1. The summed E-state index contributed by atoms with van der Waals surface area (Å²) >= 11 is 0. The van der Waals surface area contributed by atoms with Crippen molar-refractivity contribution >= 4 is 11.6 Å². The van der Waals surface area contributed by atoms with Gasteiger partial charge < -0.3 is 4.74 Å². The molecule has 20 heavy (non-hydrogen) atoms. The SMILES string of the molecule is COc1cccc(CC(=O)NN(C)c2ccccc2)c1. The van der Waals surface area contributed by atoms with E-state index < -0.39 is 0 Å². The maximum atomic E-state index is 12.0. The van der Waals surface area contributed by atoms with Gasteiger partial charge in [-0.05, 0) is 29.8 Å². The predicted octanol–water partition coefficient (Wildman–Crippen LogP) is 2.41. The quantitative estimate of drug-likeness (QED) is 0.848. The highest BCUT2D eigenvalue weighted by Crippen LogP contribution is 2.13. The van der Waals surface area contributed by atoms with Crippen molar-refractivity contribution in [3.8, 4) is 5.75 Å². The molecule has 4 heteroatoms. The Morgan fingerprint density at radius 2 is 1.90 bits per heavy atom. The lowest BCUT2D eigenvalue weighted by molar-refractivity contribution is -0.120. The number of para-hydroxylation sites is 1. The Morgan fingerprint density at radius 1 is 1.15 bits per heavy atom. The summed E-state index contributed by atoms with van der Waals surface area (Å²) in [6.07, 6.45) is 0.314. The monoisotopic (exact) mass is 270 g/mol. The number of amides is 1. The number of nitrogens with one attached hydrogen (secondary N) is 1. The number of rotatable bonds is 5. The van der Waals surface area contributed by atoms with Crippen LogP contribution < -0.4 is 15.2 Å². The summed E-state index contributed by atoms with van der Waals surface area (Å²) in [4.78, 5) is 12.0. The molecule has 2 aromatic carbocycles. The molecule has 0 saturated carbocycles. The van der Waals surface area contributed by atoms with Gasteiger partial charge in [0.2, 0.25) is 5.91 Å². The number of methoxy groups -OCH3 is 1. The summed E-state index contributed by atoms with van der Waals surface area (Å²) in [5.74, 6) is 0.691. The van der Waals surface area contributed by atoms with Crippen LogP contribution in [0.2, 0.25) is 0 Å². The third-order valence-corrected chi connectivity index (χ3v) is 2.93. The van der Waals surface area contributed by atoms with Gasteiger partial charge in [0.25, 0.3) is 0 Å². The molecule has 4 nitrogen and oxygen atoms in total. The van der Waals surface area contributed by atoms with Gasteiger partial charge in [0.1, 0.15) is 5.75 Å². The maximum absolute atomic E-state index is 12.0. The fourth-order valence-corrected chi connectivity index (χ4v) is 1.91. The van der Waals surface area contributed by atoms with E-state index in [4.69, 9.17) is 4.74 Å². The van der Waals surface area contributed by atoms with Gasteiger partial charge in [0, 0.05) is 7.05 Å². The molecular formula is C16H18N2O2. The highest BCUT2D eigenvalue weighted by atomic mass is 16.5. The van der Waals surface area contributed by atoms with Gasteiger partial charge in [-0.2, -0.15) is 0 Å². The number of hydrazine groups is 1. The summed E-state index contributed by atoms with van der Waals surface area (Å²) in [6, 6.07) is 17.2. The van der Waals surface area contributed by atoms with Gasteiger partial charge in [-0.15, -0.1) is 0 Å². The van der Waals surface area contributed by atoms with Crippen LogP contribution in [0.25, 0.3) is 0 Å². The van der Waals surface area contributed by atoms with Crippen LogP contribution in [0.5, 0.6) is 5.75 Å². The van der Waals surface area contributed by atoms with E-state index >= 15 is 0 Å². The first kappa shape index (κ1) is 13.9. The van der Waals surface area contributed by atoms with E-state index in [0.717, 1.165) is 17.0 Å². The number of ether oxygens (including phenoxy) is 1. The smallest absolute Gasteiger partial charge is 0.242 e. The third-order valence-electron chi connectivity index (χ3n) is 2.93. The number of benzene rings is 2. The topological polar surface area (TPSA) is 41.6 Å². The van der Waals surface area contributed by atoms with E-state index in [1.165, 1.54) is 0 Å². The minimum absolute atomic E-state index is 0.0652. The molecule has 2 aromatic rings. The maximum Gasteiger partial charge on any atom is 0.242 e. The van der Waals surface area contributed by atoms with Crippen molar-refractivity contribution in [1.82, 2.24) is 5.43 Å². The molecule has 0 saturated heterocycles. The van der Waals surface area contributed by atoms with Crippen LogP contribution >= 0.6 is 0 Å². The van der Waals surface area contributed by atoms with Crippen LogP contribution in [0.1, 0.15) is 5.56 Å². The summed E-state index contributed by atoms with van der Waals surface area (Å²) < 4.78 is 5.14. The first-order valence-corrected chi connectivity index (χ1v) is 6.40. The summed E-state index contributed by atoms with van der Waals surface area (Å²) in [6.45, 7) is 0. The van der Waals surface area contributed by atoms with E-state index in [-0.39, 0.29) is 5.91 Å². The Kier molecular flexibility index (Phi) is 4.60. The first-order valence-electron chi connectivity index (χ1n) is 6.40. The van der Waals surface area contributed by atoms with Crippen LogP contribution in [0.3, 0.4) is 0 Å². The minimum Gasteiger partial charge on any atom is -0.497 e. The van der Waals surface area contributed by atoms with Crippen LogP contribution in [-0.2, 0) is 11.2 Å². The van der Waals surface area contributed by atoms with Crippen molar-refractivity contribution in [2.24, 2.45) is 0 Å². The van der Waals surface area contributed by atoms with Crippen molar-refractivity contribution in [2.45, 2.75) is 6.42 Å². The van der Waals surface area contributed by atoms with Gasteiger partial charge in [0.05, 0.1) is 19.2 Å². The van der Waals surface area contributed by atoms with Gasteiger partial charge in [0.15, 0.2) is 0 Å². The van der Waals surface area contributed by atoms with E-state index in [1.54, 1.807) is 12.1 Å². The van der Waals surface area contributed by atoms with Crippen LogP contribution in [0.4, 0.5) is 5.69 Å². The third kappa shape index (κ3) is 3.75. The molecule has 0 aliphatic rings. The fourth-order valence-electron chi connectivity index (χ4n) is 1.91. The molecule has 0 aliphatic heterocycles. The van der Waals surface area contributed by atoms with E-state index in [1.807, 2.05) is 61.6 Å². The minimum atomic E-state index is -0.0652. The summed E-state index contributed by atoms with van der Waals surface area (Å²) in [5.41, 5.74) is 4.69. The zero-order valence-corrected chi connectivity index (χ0v) is 11.7. The number of hydrogen-bond donors (Lipinski definition) is 1. The van der Waals surface area contributed by atoms with Crippen LogP contribution in [0, 0.1) is 0 Å². The van der Waals surface area contributed by atoms with Crippen molar-refractivity contribution in [1.29, 1.82) is 0 Å². The Morgan fingerprint density at radius 3 is 2.60 bits per heavy atom. The molecule has 1 N–H and O–H groups in total. The number of carbonyl (C=O) groups is 1. The first-order chi connectivity index (χ1) is 9.69. The lowest BCUT2D eigenvalue weighted by atomic mass is 10.1. The lowest BCUT2D eigenvalue weighted by Gasteiger charge is -2.20. The average Bonchev–Trinajstić information content (AvgIpc) is 2.48. The van der Waals surface area contributed by atoms with Crippen molar-refractivity contribution in [3.63, 3.8) is 0 Å². The van der Waals surface area contributed by atoms with Crippen LogP contribution in [0.15, 0.2) is 54.6 Å². The molecule has 0 bridgehead atoms. The number of carbonyl (C=O) groups excluding carboxylic acids is 1. The molecule has 0 atom stereocenters. The van der Waals surface area contributed by atoms with Crippen LogP contribution in [-0.4, -0.2) is 20.1 Å². The second-order valence-electron chi connectivity index (χ2n) is 4.46. The molecule has 0 radical (unpaired) electrons. The Hall–Kier alpha value is -2.49. The lowest BCUT2D eigenvalue weighted by Crippen LogP contribution is -2.40. The number of anilines is 1. The predicted molar refractivity (Wildman–Crippen MR) is 79.7 cm³/mol. The van der Waals surface area contributed by atoms with Crippen molar-refractivity contribution in [2.75, 3.05) is 19.2 Å². The standard InChI is InChI=1S/C16H18N2O2/c1-18(14-8-4-3-5-9-14)17-16(19)12-13-7-6-10-15(11-13)20-2/h3-11H,12H2,1-2H3,(H,17,19). The Balaban J connectivity index is 1.95. The fraction of sp³-hybridized carbons (Fsp3) is 0.188. The highest BCUT2D eigenvalue weighted by Gasteiger charge is 2.07. The molecule has 1 amide bonds. The number of hydrogen-bond acceptors (Lipinski definition) is 3. The van der Waals surface area contributed by atoms with Gasteiger partial charge in [-0.3, -0.25) is 15.2 Å².